The van der Waals surface area contributed by atoms with E-state index in [-0.39, 0.29) is 28.8 Å². The molecular weight excluding hydrogens is 518 g/mol. The molecule has 2 aliphatic rings. The molecule has 15 heteroatoms. The number of carboxylic acid groups (broad SMARTS) is 1. The van der Waals surface area contributed by atoms with Crippen molar-refractivity contribution >= 4 is 51.7 Å². The molecule has 0 aromatic carbocycles. The van der Waals surface area contributed by atoms with E-state index in [2.05, 4.69) is 20.3 Å². The van der Waals surface area contributed by atoms with E-state index in [1.54, 1.807) is 6.20 Å². The second-order valence-corrected chi connectivity index (χ2v) is 9.71. The number of nitrogens with zero attached hydrogens (tertiary/aromatic N) is 4. The first-order valence-corrected chi connectivity index (χ1v) is 12.5. The zero-order valence-corrected chi connectivity index (χ0v) is 20.4. The summed E-state index contributed by atoms with van der Waals surface area (Å²) in [6.45, 7) is -1.05. The molecule has 4 rings (SSSR count). The molecule has 0 aliphatic carbocycles. The van der Waals surface area contributed by atoms with Crippen LogP contribution < -0.4 is 20.7 Å². The highest BCUT2D eigenvalue weighted by Crippen LogP contribution is 2.40. The fraction of sp³-hybridized carbons (Fsp3) is 0.333. The molecule has 190 valence electrons. The predicted octanol–water partition coefficient (Wildman–Crippen LogP) is -0.377. The van der Waals surface area contributed by atoms with Crippen molar-refractivity contribution in [2.45, 2.75) is 37.9 Å². The number of carboxylic acids is 1. The fourth-order valence-corrected chi connectivity index (χ4v) is 5.68. The third-order valence-electron chi connectivity index (χ3n) is 5.43. The van der Waals surface area contributed by atoms with Crippen LogP contribution in [-0.2, 0) is 32.2 Å². The molecule has 0 saturated carbocycles. The zero-order valence-electron chi connectivity index (χ0n) is 18.7. The summed E-state index contributed by atoms with van der Waals surface area (Å²) < 4.78 is 26.9. The van der Waals surface area contributed by atoms with Gasteiger partial charge in [-0.05, 0) is 12.5 Å². The number of aromatic nitrogens is 2. The smallest absolute Gasteiger partial charge is 0.407 e. The number of carbonyl (C=O) groups excluding carboxylic acids is 3. The Bertz CT molecular complexity index is 1270. The van der Waals surface area contributed by atoms with Crippen molar-refractivity contribution in [1.82, 2.24) is 15.2 Å². The standard InChI is InChI=1S/C21H20F2N6O5S2/c1-2-10-4-3-5-28(6-10)7-11-8-35-18-14(17(31)29(18)15(11)19(32)33)26-16(30)13(27-34-20(22)23)12-9-36-21(24)25-12/h3-6,9,14,18,20H,2,7-8H2,1H3,(H3-,24,25,26,30,32,33)/t14?,18-/m0/s1. The Labute approximate surface area is 211 Å². The molecule has 36 heavy (non-hydrogen) atoms. The Hall–Kier alpha value is -3.59. The minimum absolute atomic E-state index is 0.0647. The van der Waals surface area contributed by atoms with Gasteiger partial charge in [0.1, 0.15) is 17.1 Å². The summed E-state index contributed by atoms with van der Waals surface area (Å²) in [6.07, 6.45) is 4.49. The first-order chi connectivity index (χ1) is 17.2. The van der Waals surface area contributed by atoms with Gasteiger partial charge in [0.05, 0.1) is 11.7 Å². The molecule has 4 heterocycles. The highest BCUT2D eigenvalue weighted by atomic mass is 32.2. The van der Waals surface area contributed by atoms with E-state index >= 15 is 0 Å². The quantitative estimate of drug-likeness (QED) is 0.190. The molecule has 2 aliphatic heterocycles. The largest absolute Gasteiger partial charge is 0.543 e. The van der Waals surface area contributed by atoms with Crippen LogP contribution in [0.1, 0.15) is 18.2 Å². The van der Waals surface area contributed by atoms with E-state index in [1.165, 1.54) is 17.1 Å². The number of β-lactam (4-membered cyclic amide) rings is 1. The van der Waals surface area contributed by atoms with E-state index in [0.717, 1.165) is 28.2 Å². The number of nitrogens with one attached hydrogen (secondary N) is 1. The van der Waals surface area contributed by atoms with Crippen molar-refractivity contribution in [2.75, 3.05) is 11.5 Å². The Balaban J connectivity index is 1.54. The molecule has 2 aromatic heterocycles. The SMILES string of the molecule is CCc1ccc[n+](CC2=C(C(=O)[O-])N3C(=O)C(NC(=O)C(=NOC(F)F)c4csc(N)n4)[C@@H]3SC2)c1. The van der Waals surface area contributed by atoms with Crippen LogP contribution in [0, 0.1) is 0 Å². The summed E-state index contributed by atoms with van der Waals surface area (Å²) in [6, 6.07) is 2.68. The number of aliphatic carboxylic acids is 1. The summed E-state index contributed by atoms with van der Waals surface area (Å²) in [4.78, 5) is 46.5. The number of hydrogen-bond acceptors (Lipinski definition) is 10. The summed E-state index contributed by atoms with van der Waals surface area (Å²) in [5.41, 5.74) is 6.14. The number of amides is 2. The average molecular weight is 539 g/mol. The molecule has 2 amide bonds. The van der Waals surface area contributed by atoms with Crippen molar-refractivity contribution in [1.29, 1.82) is 0 Å². The lowest BCUT2D eigenvalue weighted by atomic mass is 10.0. The van der Waals surface area contributed by atoms with Crippen LogP contribution in [0.15, 0.2) is 46.3 Å². The zero-order chi connectivity index (χ0) is 26.0. The lowest BCUT2D eigenvalue weighted by Crippen LogP contribution is -2.71. The summed E-state index contributed by atoms with van der Waals surface area (Å²) >= 11 is 2.21. The lowest BCUT2D eigenvalue weighted by Gasteiger charge is -2.50. The first-order valence-electron chi connectivity index (χ1n) is 10.6. The van der Waals surface area contributed by atoms with Gasteiger partial charge in [-0.15, -0.1) is 23.1 Å². The number of oxime groups is 1. The number of rotatable bonds is 9. The third kappa shape index (κ3) is 5.16. The highest BCUT2D eigenvalue weighted by molar-refractivity contribution is 8.00. The Kier molecular flexibility index (Phi) is 7.49. The maximum Gasteiger partial charge on any atom is 0.407 e. The number of aryl methyl sites for hydroxylation is 1. The number of nitrogen functional groups attached to an aromatic ring is 1. The molecule has 2 atom stereocenters. The number of nitrogens with two attached hydrogens (primary N) is 1. The average Bonchev–Trinajstić information content (AvgIpc) is 3.27. The topological polar surface area (TPSA) is 154 Å². The van der Waals surface area contributed by atoms with Crippen LogP contribution in [0.2, 0.25) is 0 Å². The number of hydrogen-bond donors (Lipinski definition) is 2. The number of alkyl halides is 2. The van der Waals surface area contributed by atoms with E-state index < -0.39 is 41.5 Å². The van der Waals surface area contributed by atoms with Gasteiger partial charge in [-0.2, -0.15) is 8.78 Å². The lowest BCUT2D eigenvalue weighted by molar-refractivity contribution is -0.689. The first kappa shape index (κ1) is 25.5. The summed E-state index contributed by atoms with van der Waals surface area (Å²) in [5, 5.41) is 18.2. The molecule has 11 nitrogen and oxygen atoms in total. The van der Waals surface area contributed by atoms with Crippen LogP contribution >= 0.6 is 23.1 Å². The Morgan fingerprint density at radius 3 is 2.89 bits per heavy atom. The summed E-state index contributed by atoms with van der Waals surface area (Å²) in [7, 11) is 0. The Morgan fingerprint density at radius 1 is 1.47 bits per heavy atom. The normalized spacial score (nSPS) is 19.7. The van der Waals surface area contributed by atoms with Crippen molar-refractivity contribution < 1.29 is 37.7 Å². The molecular formula is C21H20F2N6O5S2. The molecule has 1 saturated heterocycles. The minimum Gasteiger partial charge on any atom is -0.543 e. The van der Waals surface area contributed by atoms with Crippen molar-refractivity contribution in [3.8, 4) is 0 Å². The van der Waals surface area contributed by atoms with Gasteiger partial charge in [-0.1, -0.05) is 12.1 Å². The van der Waals surface area contributed by atoms with Gasteiger partial charge in [0, 0.05) is 28.3 Å². The van der Waals surface area contributed by atoms with Crippen molar-refractivity contribution in [3.63, 3.8) is 0 Å². The molecule has 0 bridgehead atoms. The van der Waals surface area contributed by atoms with Crippen molar-refractivity contribution in [3.05, 3.63) is 52.4 Å². The molecule has 2 aromatic rings. The van der Waals surface area contributed by atoms with Crippen LogP contribution in [0.25, 0.3) is 0 Å². The van der Waals surface area contributed by atoms with E-state index in [4.69, 9.17) is 5.73 Å². The Morgan fingerprint density at radius 2 is 2.25 bits per heavy atom. The van der Waals surface area contributed by atoms with Gasteiger partial charge in [-0.25, -0.2) is 9.55 Å². The van der Waals surface area contributed by atoms with E-state index in [0.29, 0.717) is 5.57 Å². The maximum atomic E-state index is 12.9. The number of halogens is 2. The van der Waals surface area contributed by atoms with E-state index in [9.17, 15) is 28.3 Å². The van der Waals surface area contributed by atoms with Gasteiger partial charge in [0.15, 0.2) is 29.8 Å². The van der Waals surface area contributed by atoms with E-state index in [1.807, 2.05) is 29.8 Å². The van der Waals surface area contributed by atoms with Gasteiger partial charge < -0.3 is 25.8 Å². The van der Waals surface area contributed by atoms with Gasteiger partial charge in [-0.3, -0.25) is 14.5 Å². The molecule has 1 fully saturated rings. The monoisotopic (exact) mass is 538 g/mol. The van der Waals surface area contributed by atoms with Gasteiger partial charge in [0.25, 0.3) is 11.8 Å². The third-order valence-corrected chi connectivity index (χ3v) is 7.45. The minimum atomic E-state index is -3.29. The van der Waals surface area contributed by atoms with Gasteiger partial charge in [0.2, 0.25) is 0 Å². The van der Waals surface area contributed by atoms with Crippen LogP contribution in [0.4, 0.5) is 13.9 Å². The van der Waals surface area contributed by atoms with Crippen LogP contribution in [-0.4, -0.2) is 57.2 Å². The molecule has 0 spiro atoms. The number of thioether (sulfide) groups is 1. The second kappa shape index (κ2) is 10.6. The number of pyridine rings is 1. The second-order valence-electron chi connectivity index (χ2n) is 7.72. The summed E-state index contributed by atoms with van der Waals surface area (Å²) in [5.74, 6) is -2.93. The van der Waals surface area contributed by atoms with Crippen LogP contribution in [0.3, 0.4) is 0 Å². The number of thiazole rings is 1. The molecule has 0 radical (unpaired) electrons. The van der Waals surface area contributed by atoms with Gasteiger partial charge >= 0.3 is 6.61 Å². The number of fused-ring (bicyclic) bond motifs is 1. The van der Waals surface area contributed by atoms with Crippen molar-refractivity contribution in [2.24, 2.45) is 5.16 Å². The van der Waals surface area contributed by atoms with Crippen LogP contribution in [0.5, 0.6) is 0 Å². The predicted molar refractivity (Wildman–Crippen MR) is 123 cm³/mol. The number of carbonyl (C=O) groups is 3. The highest BCUT2D eigenvalue weighted by Gasteiger charge is 2.53. The number of anilines is 1. The molecule has 3 N–H and O–H groups in total. The maximum absolute atomic E-state index is 12.9. The fourth-order valence-electron chi connectivity index (χ4n) is 3.80. The molecule has 1 unspecified atom stereocenters.